The largest absolute Gasteiger partial charge is 0.394 e. The lowest BCUT2D eigenvalue weighted by Crippen LogP contribution is -2.62. The summed E-state index contributed by atoms with van der Waals surface area (Å²) in [6.07, 6.45) is 0. The molecule has 0 aromatic heterocycles. The summed E-state index contributed by atoms with van der Waals surface area (Å²) < 4.78 is 0. The first kappa shape index (κ1) is 15.3. The summed E-state index contributed by atoms with van der Waals surface area (Å²) in [6, 6.07) is -0.781. The Morgan fingerprint density at radius 1 is 1.19 bits per heavy atom. The molecule has 0 saturated carbocycles. The molecule has 0 bridgehead atoms. The van der Waals surface area contributed by atoms with Crippen LogP contribution in [-0.4, -0.2) is 52.6 Å². The van der Waals surface area contributed by atoms with Gasteiger partial charge in [0, 0.05) is 0 Å². The lowest BCUT2D eigenvalue weighted by Gasteiger charge is -2.33. The molecule has 1 unspecified atom stereocenters. The molecular formula is C10H22N2O4. The fourth-order valence-electron chi connectivity index (χ4n) is 1.00. The number of carbonyl (C=O) groups is 1. The Labute approximate surface area is 95.5 Å². The maximum Gasteiger partial charge on any atom is 0.238 e. The standard InChI is InChI=1S/C10H22N2O4/c1-9(2,3)7(11)8(16)12-10(4-13,5-14)6-15/h7,13-15H,4-6,11H2,1-3H3,(H,12,16). The maximum absolute atomic E-state index is 11.7. The van der Waals surface area contributed by atoms with E-state index in [9.17, 15) is 4.79 Å². The van der Waals surface area contributed by atoms with Gasteiger partial charge in [0.1, 0.15) is 5.54 Å². The first-order valence-electron chi connectivity index (χ1n) is 5.12. The molecule has 1 atom stereocenters. The lowest BCUT2D eigenvalue weighted by atomic mass is 9.86. The van der Waals surface area contributed by atoms with Crippen molar-refractivity contribution in [3.05, 3.63) is 0 Å². The van der Waals surface area contributed by atoms with E-state index in [0.29, 0.717) is 0 Å². The predicted octanol–water partition coefficient (Wildman–Crippen LogP) is -1.81. The van der Waals surface area contributed by atoms with E-state index in [0.717, 1.165) is 0 Å². The fraction of sp³-hybridized carbons (Fsp3) is 0.900. The van der Waals surface area contributed by atoms with Gasteiger partial charge in [-0.2, -0.15) is 0 Å². The molecule has 0 rings (SSSR count). The molecule has 1 amide bonds. The van der Waals surface area contributed by atoms with Crippen LogP contribution in [0.5, 0.6) is 0 Å². The zero-order valence-corrected chi connectivity index (χ0v) is 10.0. The van der Waals surface area contributed by atoms with Gasteiger partial charge < -0.3 is 26.4 Å². The van der Waals surface area contributed by atoms with Crippen LogP contribution in [0.15, 0.2) is 0 Å². The zero-order chi connectivity index (χ0) is 13.0. The molecule has 0 aliphatic rings. The van der Waals surface area contributed by atoms with Crippen LogP contribution in [0.4, 0.5) is 0 Å². The van der Waals surface area contributed by atoms with Gasteiger partial charge in [-0.25, -0.2) is 0 Å². The highest BCUT2D eigenvalue weighted by Gasteiger charge is 2.35. The Balaban J connectivity index is 4.65. The Kier molecular flexibility index (Phi) is 5.34. The number of nitrogens with one attached hydrogen (secondary N) is 1. The highest BCUT2D eigenvalue weighted by atomic mass is 16.3. The highest BCUT2D eigenvalue weighted by Crippen LogP contribution is 2.18. The Hall–Kier alpha value is -0.690. The number of hydrogen-bond donors (Lipinski definition) is 5. The van der Waals surface area contributed by atoms with Crippen molar-refractivity contribution in [2.45, 2.75) is 32.4 Å². The molecule has 0 aromatic carbocycles. The second-order valence-electron chi connectivity index (χ2n) is 5.09. The fourth-order valence-corrected chi connectivity index (χ4v) is 1.00. The first-order chi connectivity index (χ1) is 7.22. The third kappa shape index (κ3) is 3.71. The summed E-state index contributed by atoms with van der Waals surface area (Å²) in [5.74, 6) is -0.510. The normalized spacial score (nSPS) is 14.7. The molecule has 0 aromatic rings. The van der Waals surface area contributed by atoms with Crippen LogP contribution in [0.25, 0.3) is 0 Å². The van der Waals surface area contributed by atoms with Gasteiger partial charge in [0.05, 0.1) is 25.9 Å². The SMILES string of the molecule is CC(C)(C)C(N)C(=O)NC(CO)(CO)CO. The van der Waals surface area contributed by atoms with Crippen LogP contribution >= 0.6 is 0 Å². The summed E-state index contributed by atoms with van der Waals surface area (Å²) in [5, 5.41) is 29.5. The number of nitrogens with two attached hydrogens (primary N) is 1. The van der Waals surface area contributed by atoms with Crippen molar-refractivity contribution >= 4 is 5.91 Å². The molecule has 6 nitrogen and oxygen atoms in total. The van der Waals surface area contributed by atoms with Crippen LogP contribution in [0.2, 0.25) is 0 Å². The molecule has 0 aliphatic heterocycles. The van der Waals surface area contributed by atoms with Crippen LogP contribution in [0.1, 0.15) is 20.8 Å². The second kappa shape index (κ2) is 5.58. The van der Waals surface area contributed by atoms with E-state index in [-0.39, 0.29) is 0 Å². The molecule has 96 valence electrons. The average Bonchev–Trinajstić information content (AvgIpc) is 2.23. The van der Waals surface area contributed by atoms with Gasteiger partial charge in [0.15, 0.2) is 0 Å². The molecule has 0 spiro atoms. The van der Waals surface area contributed by atoms with Crippen molar-refractivity contribution in [3.63, 3.8) is 0 Å². The Morgan fingerprint density at radius 3 is 1.81 bits per heavy atom. The van der Waals surface area contributed by atoms with Crippen molar-refractivity contribution < 1.29 is 20.1 Å². The third-order valence-electron chi connectivity index (χ3n) is 2.51. The number of hydrogen-bond acceptors (Lipinski definition) is 5. The van der Waals surface area contributed by atoms with Crippen molar-refractivity contribution in [1.82, 2.24) is 5.32 Å². The first-order valence-corrected chi connectivity index (χ1v) is 5.12. The van der Waals surface area contributed by atoms with E-state index >= 15 is 0 Å². The minimum Gasteiger partial charge on any atom is -0.394 e. The molecule has 0 radical (unpaired) electrons. The van der Waals surface area contributed by atoms with Gasteiger partial charge in [0.25, 0.3) is 0 Å². The lowest BCUT2D eigenvalue weighted by molar-refractivity contribution is -0.128. The van der Waals surface area contributed by atoms with Crippen molar-refractivity contribution in [2.24, 2.45) is 11.1 Å². The molecule has 6 heteroatoms. The van der Waals surface area contributed by atoms with E-state index in [1.165, 1.54) is 0 Å². The quantitative estimate of drug-likeness (QED) is 0.384. The van der Waals surface area contributed by atoms with E-state index in [4.69, 9.17) is 21.1 Å². The number of aliphatic hydroxyl groups excluding tert-OH is 3. The summed E-state index contributed by atoms with van der Waals surface area (Å²) in [6.45, 7) is 3.75. The van der Waals surface area contributed by atoms with Crippen LogP contribution in [-0.2, 0) is 4.79 Å². The smallest absolute Gasteiger partial charge is 0.238 e. The zero-order valence-electron chi connectivity index (χ0n) is 10.0. The number of rotatable bonds is 5. The number of amides is 1. The Morgan fingerprint density at radius 2 is 1.56 bits per heavy atom. The van der Waals surface area contributed by atoms with Gasteiger partial charge in [-0.1, -0.05) is 20.8 Å². The van der Waals surface area contributed by atoms with Gasteiger partial charge in [0.2, 0.25) is 5.91 Å². The van der Waals surface area contributed by atoms with Crippen molar-refractivity contribution in [1.29, 1.82) is 0 Å². The second-order valence-corrected chi connectivity index (χ2v) is 5.09. The van der Waals surface area contributed by atoms with Gasteiger partial charge >= 0.3 is 0 Å². The van der Waals surface area contributed by atoms with Crippen LogP contribution < -0.4 is 11.1 Å². The van der Waals surface area contributed by atoms with Gasteiger partial charge in [-0.15, -0.1) is 0 Å². The maximum atomic E-state index is 11.7. The third-order valence-corrected chi connectivity index (χ3v) is 2.51. The number of aliphatic hydroxyl groups is 3. The van der Waals surface area contributed by atoms with E-state index in [1.54, 1.807) is 20.8 Å². The summed E-state index contributed by atoms with van der Waals surface area (Å²) in [7, 11) is 0. The molecule has 0 aliphatic carbocycles. The number of carbonyl (C=O) groups excluding carboxylic acids is 1. The van der Waals surface area contributed by atoms with Crippen LogP contribution in [0.3, 0.4) is 0 Å². The van der Waals surface area contributed by atoms with Crippen molar-refractivity contribution in [2.75, 3.05) is 19.8 Å². The molecule has 0 saturated heterocycles. The molecule has 0 heterocycles. The molecular weight excluding hydrogens is 212 g/mol. The van der Waals surface area contributed by atoms with Crippen LogP contribution in [0, 0.1) is 5.41 Å². The molecule has 16 heavy (non-hydrogen) atoms. The van der Waals surface area contributed by atoms with E-state index in [2.05, 4.69) is 5.32 Å². The van der Waals surface area contributed by atoms with Gasteiger partial charge in [-0.05, 0) is 5.41 Å². The molecule has 0 fully saturated rings. The average molecular weight is 234 g/mol. The predicted molar refractivity (Wildman–Crippen MR) is 59.6 cm³/mol. The Bertz CT molecular complexity index is 225. The monoisotopic (exact) mass is 234 g/mol. The minimum absolute atomic E-state index is 0.434. The summed E-state index contributed by atoms with van der Waals surface area (Å²) in [4.78, 5) is 11.7. The minimum atomic E-state index is -1.42. The van der Waals surface area contributed by atoms with Gasteiger partial charge in [-0.3, -0.25) is 4.79 Å². The van der Waals surface area contributed by atoms with E-state index < -0.39 is 42.7 Å². The summed E-state index contributed by atoms with van der Waals surface area (Å²) in [5.41, 5.74) is 3.86. The molecule has 6 N–H and O–H groups in total. The topological polar surface area (TPSA) is 116 Å². The van der Waals surface area contributed by atoms with Crippen molar-refractivity contribution in [3.8, 4) is 0 Å². The summed E-state index contributed by atoms with van der Waals surface area (Å²) >= 11 is 0. The van der Waals surface area contributed by atoms with E-state index in [1.807, 2.05) is 0 Å². The highest BCUT2D eigenvalue weighted by molar-refractivity contribution is 5.83.